The van der Waals surface area contributed by atoms with Crippen molar-refractivity contribution in [2.24, 2.45) is 0 Å². The van der Waals surface area contributed by atoms with Crippen LogP contribution in [0.5, 0.6) is 11.5 Å². The van der Waals surface area contributed by atoms with E-state index in [2.05, 4.69) is 115 Å². The number of benzene rings is 2. The summed E-state index contributed by atoms with van der Waals surface area (Å²) in [5.41, 5.74) is 2.41. The van der Waals surface area contributed by atoms with E-state index in [1.54, 1.807) is 0 Å². The monoisotopic (exact) mass is 798 g/mol. The number of hydrogen-bond acceptors (Lipinski definition) is 4. The maximum absolute atomic E-state index is 6.07. The molecule has 0 amide bonds. The van der Waals surface area contributed by atoms with E-state index in [0.29, 0.717) is 0 Å². The van der Waals surface area contributed by atoms with Gasteiger partial charge in [0.1, 0.15) is 11.5 Å². The van der Waals surface area contributed by atoms with Crippen LogP contribution in [0.25, 0.3) is 11.1 Å². The summed E-state index contributed by atoms with van der Waals surface area (Å²) in [6.45, 7) is 8.96. The van der Waals surface area contributed by atoms with Gasteiger partial charge in [-0.3, -0.25) is 0 Å². The first kappa shape index (κ1) is 46.8. The molecule has 0 aliphatic rings. The lowest BCUT2D eigenvalue weighted by atomic mass is 10.1. The Morgan fingerprint density at radius 3 is 1.02 bits per heavy atom. The average molecular weight is 801 g/mol. The zero-order chi connectivity index (χ0) is 33.7. The Balaban J connectivity index is 0.0000110. The fourth-order valence-corrected chi connectivity index (χ4v) is 6.02. The van der Waals surface area contributed by atoms with Crippen molar-refractivity contribution < 1.29 is 52.4 Å². The second-order valence-corrected chi connectivity index (χ2v) is 15.4. The van der Waals surface area contributed by atoms with E-state index in [4.69, 9.17) is 9.47 Å². The maximum Gasteiger partial charge on any atom is 0.119 e. The van der Waals surface area contributed by atoms with Crippen molar-refractivity contribution in [2.75, 3.05) is 109 Å². The molecule has 0 saturated carbocycles. The summed E-state index contributed by atoms with van der Waals surface area (Å²) in [6, 6.07) is 17.0. The first-order valence-corrected chi connectivity index (χ1v) is 18.4. The highest BCUT2D eigenvalue weighted by Crippen LogP contribution is 2.25. The molecule has 0 atom stereocenters. The Kier molecular flexibility index (Phi) is 26.0. The molecule has 0 bridgehead atoms. The van der Waals surface area contributed by atoms with Crippen LogP contribution in [0, 0.1) is 0 Å². The molecule has 48 heavy (non-hydrogen) atoms. The molecule has 0 unspecified atom stereocenters. The van der Waals surface area contributed by atoms with Crippen LogP contribution in [0.15, 0.2) is 48.5 Å². The first-order valence-electron chi connectivity index (χ1n) is 18.4. The van der Waals surface area contributed by atoms with Crippen LogP contribution in [0.1, 0.15) is 77.0 Å². The molecule has 2 aromatic carbocycles. The molecule has 0 aliphatic carbocycles. The van der Waals surface area contributed by atoms with E-state index in [1.165, 1.54) is 115 Å². The van der Waals surface area contributed by atoms with Crippen LogP contribution in [-0.4, -0.2) is 128 Å². The molecular formula is C40H72Br2N4O2. The van der Waals surface area contributed by atoms with Gasteiger partial charge in [-0.2, -0.15) is 0 Å². The Bertz CT molecular complexity index is 947. The summed E-state index contributed by atoms with van der Waals surface area (Å²) in [5.74, 6) is 1.91. The lowest BCUT2D eigenvalue weighted by Crippen LogP contribution is -3.00. The summed E-state index contributed by atoms with van der Waals surface area (Å²) >= 11 is 0. The van der Waals surface area contributed by atoms with Crippen LogP contribution in [0.3, 0.4) is 0 Å². The van der Waals surface area contributed by atoms with Gasteiger partial charge in [0.25, 0.3) is 0 Å². The highest BCUT2D eigenvalue weighted by atomic mass is 79.9. The van der Waals surface area contributed by atoms with Crippen molar-refractivity contribution in [2.45, 2.75) is 77.0 Å². The minimum atomic E-state index is 0. The van der Waals surface area contributed by atoms with Crippen LogP contribution in [0.2, 0.25) is 0 Å². The van der Waals surface area contributed by atoms with Crippen molar-refractivity contribution in [3.63, 3.8) is 0 Å². The summed E-state index contributed by atoms with van der Waals surface area (Å²) in [6.07, 6.45) is 15.3. The van der Waals surface area contributed by atoms with Crippen LogP contribution >= 0.6 is 0 Å². The smallest absolute Gasteiger partial charge is 0.119 e. The number of ether oxygens (including phenoxy) is 2. The third kappa shape index (κ3) is 23.3. The molecular weight excluding hydrogens is 728 g/mol. The first-order chi connectivity index (χ1) is 22.0. The van der Waals surface area contributed by atoms with Gasteiger partial charge < -0.3 is 62.2 Å². The van der Waals surface area contributed by atoms with Crippen molar-refractivity contribution >= 4 is 0 Å². The molecule has 0 aliphatic heterocycles. The number of rotatable bonds is 27. The summed E-state index contributed by atoms with van der Waals surface area (Å²) in [7, 11) is 18.1. The van der Waals surface area contributed by atoms with E-state index in [9.17, 15) is 0 Å². The highest BCUT2D eigenvalue weighted by Gasteiger charge is 2.15. The summed E-state index contributed by atoms with van der Waals surface area (Å²) in [5, 5.41) is 0. The fourth-order valence-electron chi connectivity index (χ4n) is 6.02. The van der Waals surface area contributed by atoms with Crippen LogP contribution in [-0.2, 0) is 0 Å². The van der Waals surface area contributed by atoms with Gasteiger partial charge in [-0.25, -0.2) is 0 Å². The molecule has 0 heterocycles. The predicted molar refractivity (Wildman–Crippen MR) is 199 cm³/mol. The standard InChI is InChI=1S/C40H72N4O2.2BrH/c1-41(2)29-13-9-11-15-31-43(5,6)33-17-19-35-45-39-25-21-37(22-26-39)38-23-27-40(28-24-38)46-36-20-18-34-44(7,8)32-16-12-10-14-30-42(3)4;;/h21-28H,9-20,29-36H2,1-8H3;2*1H/q+2;;/p-2. The number of unbranched alkanes of at least 4 members (excludes halogenated alkanes) is 8. The number of halogens is 2. The Morgan fingerprint density at radius 1 is 0.417 bits per heavy atom. The van der Waals surface area contributed by atoms with Crippen LogP contribution < -0.4 is 43.4 Å². The Morgan fingerprint density at radius 2 is 0.708 bits per heavy atom. The molecule has 6 nitrogen and oxygen atoms in total. The number of hydrogen-bond donors (Lipinski definition) is 0. The van der Waals surface area contributed by atoms with Crippen molar-refractivity contribution in [3.8, 4) is 22.6 Å². The average Bonchev–Trinajstić information content (AvgIpc) is 3.00. The molecule has 2 rings (SSSR count). The molecule has 0 aromatic heterocycles. The summed E-state index contributed by atoms with van der Waals surface area (Å²) < 4.78 is 14.4. The minimum absolute atomic E-state index is 0. The van der Waals surface area contributed by atoms with Gasteiger partial charge in [0.05, 0.1) is 67.6 Å². The second-order valence-electron chi connectivity index (χ2n) is 15.4. The Hall–Kier alpha value is -1.16. The second kappa shape index (κ2) is 26.6. The minimum Gasteiger partial charge on any atom is -1.00 e. The van der Waals surface area contributed by atoms with Crippen molar-refractivity contribution in [1.29, 1.82) is 0 Å². The molecule has 0 saturated heterocycles. The predicted octanol–water partition coefficient (Wildman–Crippen LogP) is 2.08. The molecule has 0 spiro atoms. The molecule has 2 aromatic rings. The number of quaternary nitrogens is 2. The van der Waals surface area contributed by atoms with Crippen LogP contribution in [0.4, 0.5) is 0 Å². The zero-order valence-corrected chi connectivity index (χ0v) is 35.3. The highest BCUT2D eigenvalue weighted by molar-refractivity contribution is 5.64. The number of nitrogens with zero attached hydrogens (tertiary/aromatic N) is 4. The van der Waals surface area contributed by atoms with E-state index in [-0.39, 0.29) is 34.0 Å². The van der Waals surface area contributed by atoms with E-state index in [0.717, 1.165) is 46.5 Å². The SMILES string of the molecule is CN(C)CCCCCC[N+](C)(C)CCCCOc1ccc(-c2ccc(OCCCC[N+](C)(C)CCCCCCN(C)C)cc2)cc1.[Br-].[Br-]. The normalized spacial score (nSPS) is 11.8. The van der Waals surface area contributed by atoms with Gasteiger partial charge >= 0.3 is 0 Å². The molecule has 0 fully saturated rings. The van der Waals surface area contributed by atoms with Gasteiger partial charge in [0, 0.05) is 0 Å². The fraction of sp³-hybridized carbons (Fsp3) is 0.700. The maximum atomic E-state index is 6.07. The van der Waals surface area contributed by atoms with Gasteiger partial charge in [0.15, 0.2) is 0 Å². The largest absolute Gasteiger partial charge is 1.00 e. The van der Waals surface area contributed by atoms with Gasteiger partial charge in [0.2, 0.25) is 0 Å². The molecule has 0 radical (unpaired) electrons. The third-order valence-corrected chi connectivity index (χ3v) is 9.13. The lowest BCUT2D eigenvalue weighted by molar-refractivity contribution is -0.890. The topological polar surface area (TPSA) is 24.9 Å². The van der Waals surface area contributed by atoms with Crippen molar-refractivity contribution in [3.05, 3.63) is 48.5 Å². The molecule has 8 heteroatoms. The zero-order valence-electron chi connectivity index (χ0n) is 32.1. The van der Waals surface area contributed by atoms with Gasteiger partial charge in [-0.1, -0.05) is 37.1 Å². The van der Waals surface area contributed by atoms with Gasteiger partial charge in [-0.15, -0.1) is 0 Å². The Labute approximate surface area is 317 Å². The molecule has 278 valence electrons. The van der Waals surface area contributed by atoms with Crippen molar-refractivity contribution in [1.82, 2.24) is 9.80 Å². The summed E-state index contributed by atoms with van der Waals surface area (Å²) in [4.78, 5) is 4.56. The quantitative estimate of drug-likeness (QED) is 0.102. The van der Waals surface area contributed by atoms with Gasteiger partial charge in [-0.05, 0) is 141 Å². The third-order valence-electron chi connectivity index (χ3n) is 9.13. The van der Waals surface area contributed by atoms with E-state index in [1.807, 2.05) is 0 Å². The lowest BCUT2D eigenvalue weighted by Gasteiger charge is -2.30. The molecule has 0 N–H and O–H groups in total. The van der Waals surface area contributed by atoms with E-state index >= 15 is 0 Å². The van der Waals surface area contributed by atoms with E-state index < -0.39 is 0 Å².